The van der Waals surface area contributed by atoms with Gasteiger partial charge in [-0.2, -0.15) is 15.3 Å². The predicted octanol–water partition coefficient (Wildman–Crippen LogP) is 4.46. The first-order chi connectivity index (χ1) is 16.1. The van der Waals surface area contributed by atoms with Crippen molar-refractivity contribution in [3.63, 3.8) is 0 Å². The van der Waals surface area contributed by atoms with Crippen LogP contribution in [0.2, 0.25) is 5.02 Å². The first kappa shape index (κ1) is 26.1. The smallest absolute Gasteiger partial charge is 0.288 e. The summed E-state index contributed by atoms with van der Waals surface area (Å²) in [6.45, 7) is 13.3. The summed E-state index contributed by atoms with van der Waals surface area (Å²) in [4.78, 5) is 25.6. The van der Waals surface area contributed by atoms with Crippen molar-refractivity contribution in [1.82, 2.24) is 25.3 Å². The lowest BCUT2D eigenvalue weighted by molar-refractivity contribution is -0.122. The molecule has 186 valence electrons. The van der Waals surface area contributed by atoms with E-state index in [1.54, 1.807) is 18.6 Å². The van der Waals surface area contributed by atoms with E-state index in [2.05, 4.69) is 60.5 Å². The number of aromatic nitrogens is 4. The van der Waals surface area contributed by atoms with E-state index in [-0.39, 0.29) is 35.0 Å². The Morgan fingerprint density at radius 2 is 2.00 bits per heavy atom. The molecular formula is C25H37ClN6O2. The zero-order valence-electron chi connectivity index (χ0n) is 21.0. The third kappa shape index (κ3) is 5.59. The zero-order chi connectivity index (χ0) is 25.0. The Kier molecular flexibility index (Phi) is 8.34. The second-order valence-electron chi connectivity index (χ2n) is 10.3. The Bertz CT molecular complexity index is 1040. The number of halogens is 1. The molecule has 1 fully saturated rings. The lowest BCUT2D eigenvalue weighted by Crippen LogP contribution is -2.48. The number of carbonyl (C=O) groups excluding carboxylic acids is 1. The van der Waals surface area contributed by atoms with Crippen molar-refractivity contribution in [2.24, 2.45) is 23.2 Å². The number of nitrogens with zero attached hydrogens (tertiary/aromatic N) is 4. The number of hydrogen-bond donors (Lipinski definition) is 2. The Morgan fingerprint density at radius 1 is 1.26 bits per heavy atom. The fraction of sp³-hybridized carbons (Fsp3) is 0.640. The molecule has 0 spiro atoms. The molecule has 2 aromatic rings. The summed E-state index contributed by atoms with van der Waals surface area (Å²) >= 11 is 6.45. The normalized spacial score (nSPS) is 24.9. The van der Waals surface area contributed by atoms with Crippen molar-refractivity contribution in [3.05, 3.63) is 45.6 Å². The van der Waals surface area contributed by atoms with Crippen LogP contribution < -0.4 is 16.2 Å². The Balaban J connectivity index is 1.71. The molecule has 1 unspecified atom stereocenters. The zero-order valence-corrected chi connectivity index (χ0v) is 21.8. The SMILES string of the molecule is CCCC(NC(=O)Cn1ncc(N[C@@H]2C[C@H](C)C(C)(C)[C@H](C)[C@H]2C)c(Cl)c1=O)c1ccnnc1. The van der Waals surface area contributed by atoms with Crippen molar-refractivity contribution < 1.29 is 4.79 Å². The van der Waals surface area contributed by atoms with E-state index in [1.807, 2.05) is 13.0 Å². The molecule has 8 nitrogen and oxygen atoms in total. The second-order valence-corrected chi connectivity index (χ2v) is 10.7. The van der Waals surface area contributed by atoms with Gasteiger partial charge in [0.25, 0.3) is 5.56 Å². The van der Waals surface area contributed by atoms with Crippen LogP contribution in [0.5, 0.6) is 0 Å². The molecule has 0 radical (unpaired) electrons. The molecule has 0 bridgehead atoms. The third-order valence-electron chi connectivity index (χ3n) is 8.02. The van der Waals surface area contributed by atoms with E-state index >= 15 is 0 Å². The van der Waals surface area contributed by atoms with Gasteiger partial charge in [0, 0.05) is 12.2 Å². The molecule has 1 aliphatic carbocycles. The van der Waals surface area contributed by atoms with Crippen molar-refractivity contribution in [3.8, 4) is 0 Å². The number of rotatable bonds is 8. The number of hydrogen-bond acceptors (Lipinski definition) is 6. The van der Waals surface area contributed by atoms with E-state index in [9.17, 15) is 9.59 Å². The van der Waals surface area contributed by atoms with Crippen LogP contribution in [0.4, 0.5) is 5.69 Å². The summed E-state index contributed by atoms with van der Waals surface area (Å²) in [5.74, 6) is 1.14. The van der Waals surface area contributed by atoms with Crippen molar-refractivity contribution in [1.29, 1.82) is 0 Å². The highest BCUT2D eigenvalue weighted by atomic mass is 35.5. The standard InChI is InChI=1S/C25H37ClN6O2/c1-7-8-19(18-9-10-27-28-12-18)31-22(33)14-32-24(34)23(26)21(13-29-32)30-20-11-15(2)25(5,6)17(4)16(20)3/h9-10,12-13,15-17,19-20,30H,7-8,11,14H2,1-6H3,(H,31,33)/t15-,16+,17+,19?,20+/m0/s1. The average Bonchev–Trinajstić information content (AvgIpc) is 2.81. The molecule has 9 heteroatoms. The lowest BCUT2D eigenvalue weighted by atomic mass is 9.58. The summed E-state index contributed by atoms with van der Waals surface area (Å²) in [6.07, 6.45) is 7.40. The molecule has 0 aromatic carbocycles. The van der Waals surface area contributed by atoms with Crippen LogP contribution in [0.15, 0.2) is 29.5 Å². The second kappa shape index (κ2) is 10.8. The van der Waals surface area contributed by atoms with E-state index < -0.39 is 5.56 Å². The fourth-order valence-electron chi connectivity index (χ4n) is 4.94. The quantitative estimate of drug-likeness (QED) is 0.568. The highest BCUT2D eigenvalue weighted by molar-refractivity contribution is 6.32. The first-order valence-corrected chi connectivity index (χ1v) is 12.5. The minimum absolute atomic E-state index is 0.0589. The summed E-state index contributed by atoms with van der Waals surface area (Å²) in [5.41, 5.74) is 1.16. The molecule has 1 amide bonds. The van der Waals surface area contributed by atoms with Gasteiger partial charge in [-0.3, -0.25) is 9.59 Å². The van der Waals surface area contributed by atoms with Gasteiger partial charge in [-0.15, -0.1) is 0 Å². The summed E-state index contributed by atoms with van der Waals surface area (Å²) in [6, 6.07) is 1.81. The van der Waals surface area contributed by atoms with Gasteiger partial charge in [0.1, 0.15) is 11.6 Å². The van der Waals surface area contributed by atoms with Crippen LogP contribution in [0.1, 0.15) is 72.4 Å². The number of amides is 1. The summed E-state index contributed by atoms with van der Waals surface area (Å²) in [5, 5.41) is 18.4. The highest BCUT2D eigenvalue weighted by Gasteiger charge is 2.43. The van der Waals surface area contributed by atoms with Crippen LogP contribution in [-0.4, -0.2) is 31.9 Å². The predicted molar refractivity (Wildman–Crippen MR) is 135 cm³/mol. The van der Waals surface area contributed by atoms with Gasteiger partial charge in [0.15, 0.2) is 0 Å². The van der Waals surface area contributed by atoms with E-state index in [0.29, 0.717) is 23.4 Å². The van der Waals surface area contributed by atoms with Gasteiger partial charge in [-0.1, -0.05) is 59.6 Å². The molecule has 5 atom stereocenters. The van der Waals surface area contributed by atoms with E-state index in [1.165, 1.54) is 0 Å². The van der Waals surface area contributed by atoms with Crippen molar-refractivity contribution in [2.75, 3.05) is 5.32 Å². The Morgan fingerprint density at radius 3 is 2.65 bits per heavy atom. The minimum atomic E-state index is -0.482. The van der Waals surface area contributed by atoms with Crippen LogP contribution in [0, 0.1) is 23.2 Å². The van der Waals surface area contributed by atoms with Gasteiger partial charge in [-0.05, 0) is 47.6 Å². The van der Waals surface area contributed by atoms with Crippen LogP contribution in [-0.2, 0) is 11.3 Å². The van der Waals surface area contributed by atoms with Crippen LogP contribution >= 0.6 is 11.6 Å². The van der Waals surface area contributed by atoms with E-state index in [0.717, 1.165) is 29.5 Å². The van der Waals surface area contributed by atoms with Crippen molar-refractivity contribution >= 4 is 23.2 Å². The maximum Gasteiger partial charge on any atom is 0.288 e. The van der Waals surface area contributed by atoms with Gasteiger partial charge in [0.2, 0.25) is 5.91 Å². The third-order valence-corrected chi connectivity index (χ3v) is 8.38. The number of anilines is 1. The largest absolute Gasteiger partial charge is 0.379 e. The highest BCUT2D eigenvalue weighted by Crippen LogP contribution is 2.48. The first-order valence-electron chi connectivity index (χ1n) is 12.1. The van der Waals surface area contributed by atoms with Gasteiger partial charge in [-0.25, -0.2) is 4.68 Å². The fourth-order valence-corrected chi connectivity index (χ4v) is 5.14. The molecule has 2 N–H and O–H groups in total. The van der Waals surface area contributed by atoms with Gasteiger partial charge in [0.05, 0.1) is 24.1 Å². The monoisotopic (exact) mass is 488 g/mol. The molecule has 34 heavy (non-hydrogen) atoms. The van der Waals surface area contributed by atoms with Crippen LogP contribution in [0.3, 0.4) is 0 Å². The molecule has 3 rings (SSSR count). The Labute approximate surface area is 206 Å². The molecular weight excluding hydrogens is 452 g/mol. The maximum atomic E-state index is 12.9. The van der Waals surface area contributed by atoms with Gasteiger partial charge >= 0.3 is 0 Å². The van der Waals surface area contributed by atoms with Gasteiger partial charge < -0.3 is 10.6 Å². The maximum absolute atomic E-state index is 12.9. The molecule has 1 saturated carbocycles. The topological polar surface area (TPSA) is 102 Å². The molecule has 0 aliphatic heterocycles. The number of nitrogens with one attached hydrogen (secondary N) is 2. The Hall–Kier alpha value is -2.48. The molecule has 1 aliphatic rings. The minimum Gasteiger partial charge on any atom is -0.379 e. The average molecular weight is 489 g/mol. The van der Waals surface area contributed by atoms with E-state index in [4.69, 9.17) is 11.6 Å². The molecule has 2 heterocycles. The van der Waals surface area contributed by atoms with Crippen LogP contribution in [0.25, 0.3) is 0 Å². The number of carbonyl (C=O) groups is 1. The summed E-state index contributed by atoms with van der Waals surface area (Å²) in [7, 11) is 0. The van der Waals surface area contributed by atoms with Crippen molar-refractivity contribution in [2.45, 2.75) is 79.4 Å². The summed E-state index contributed by atoms with van der Waals surface area (Å²) < 4.78 is 1.11. The molecule has 0 saturated heterocycles. The molecule has 2 aromatic heterocycles. The lowest BCUT2D eigenvalue weighted by Gasteiger charge is -2.50.